The predicted octanol–water partition coefficient (Wildman–Crippen LogP) is 12.0. The summed E-state index contributed by atoms with van der Waals surface area (Å²) in [5.41, 5.74) is 10.9. The number of aromatic nitrogens is 2. The highest BCUT2D eigenvalue weighted by molar-refractivity contribution is 6.09. The Morgan fingerprint density at radius 1 is 0.750 bits per heavy atom. The first-order chi connectivity index (χ1) is 25.6. The maximum atomic E-state index is 10.8. The van der Waals surface area contributed by atoms with Crippen molar-refractivity contribution in [2.45, 2.75) is 19.8 Å². The lowest BCUT2D eigenvalue weighted by atomic mass is 9.92. The molecule has 1 aliphatic carbocycles. The van der Waals surface area contributed by atoms with Crippen LogP contribution in [-0.4, -0.2) is 9.13 Å². The Morgan fingerprint density at radius 3 is 2.08 bits per heavy atom. The van der Waals surface area contributed by atoms with Gasteiger partial charge in [0.15, 0.2) is 0 Å². The van der Waals surface area contributed by atoms with Crippen molar-refractivity contribution in [1.29, 1.82) is 10.5 Å². The third-order valence-corrected chi connectivity index (χ3v) is 9.92. The van der Waals surface area contributed by atoms with Gasteiger partial charge in [-0.15, -0.1) is 0 Å². The first kappa shape index (κ1) is 32.1. The first-order valence-corrected chi connectivity index (χ1v) is 17.4. The van der Waals surface area contributed by atoms with E-state index in [1.807, 2.05) is 79.7 Å². The van der Waals surface area contributed by atoms with E-state index in [0.717, 1.165) is 73.8 Å². The molecule has 5 nitrogen and oxygen atoms in total. The molecule has 8 rings (SSSR count). The van der Waals surface area contributed by atoms with Crippen LogP contribution in [0.3, 0.4) is 0 Å². The van der Waals surface area contributed by atoms with E-state index in [2.05, 4.69) is 112 Å². The highest BCUT2D eigenvalue weighted by Gasteiger charge is 2.24. The molecule has 0 fully saturated rings. The van der Waals surface area contributed by atoms with Crippen molar-refractivity contribution < 1.29 is 0 Å². The smallest absolute Gasteiger partial charge is 0.103 e. The van der Waals surface area contributed by atoms with Gasteiger partial charge in [0.05, 0.1) is 39.1 Å². The molecule has 0 saturated heterocycles. The van der Waals surface area contributed by atoms with E-state index in [1.54, 1.807) is 0 Å². The lowest BCUT2D eigenvalue weighted by molar-refractivity contribution is 0.996. The third-order valence-electron chi connectivity index (χ3n) is 9.92. The van der Waals surface area contributed by atoms with Gasteiger partial charge >= 0.3 is 0 Å². The molecule has 248 valence electrons. The van der Waals surface area contributed by atoms with Crippen LogP contribution in [0.15, 0.2) is 170 Å². The van der Waals surface area contributed by atoms with Crippen molar-refractivity contribution in [3.05, 3.63) is 187 Å². The lowest BCUT2D eigenvalue weighted by Gasteiger charge is -2.26. The Labute approximate surface area is 303 Å². The van der Waals surface area contributed by atoms with Gasteiger partial charge < -0.3 is 14.0 Å². The van der Waals surface area contributed by atoms with Crippen LogP contribution in [-0.2, 0) is 0 Å². The molecule has 1 aliphatic rings. The number of fused-ring (bicyclic) bond motifs is 4. The molecule has 0 bridgehead atoms. The molecular formula is C47H35N5. The van der Waals surface area contributed by atoms with E-state index in [9.17, 15) is 10.5 Å². The van der Waals surface area contributed by atoms with Crippen molar-refractivity contribution >= 4 is 49.7 Å². The van der Waals surface area contributed by atoms with Gasteiger partial charge in [0.2, 0.25) is 0 Å². The second kappa shape index (κ2) is 13.3. The molecule has 5 heteroatoms. The van der Waals surface area contributed by atoms with E-state index >= 15 is 0 Å². The Bertz CT molecular complexity index is 2700. The quantitative estimate of drug-likeness (QED) is 0.151. The zero-order valence-corrected chi connectivity index (χ0v) is 28.9. The summed E-state index contributed by atoms with van der Waals surface area (Å²) in [6.45, 7) is 10.6. The number of hydrogen-bond acceptors (Lipinski definition) is 3. The molecule has 52 heavy (non-hydrogen) atoms. The van der Waals surface area contributed by atoms with Crippen molar-refractivity contribution in [3.8, 4) is 23.5 Å². The van der Waals surface area contributed by atoms with Crippen LogP contribution in [0.1, 0.15) is 36.5 Å². The topological polar surface area (TPSA) is 60.7 Å². The number of rotatable bonds is 8. The maximum Gasteiger partial charge on any atom is 0.103 e. The molecular weight excluding hydrogens is 635 g/mol. The van der Waals surface area contributed by atoms with Gasteiger partial charge in [-0.2, -0.15) is 10.5 Å². The fourth-order valence-corrected chi connectivity index (χ4v) is 7.63. The van der Waals surface area contributed by atoms with E-state index < -0.39 is 0 Å². The van der Waals surface area contributed by atoms with Gasteiger partial charge in [-0.1, -0.05) is 92.1 Å². The number of benzene rings is 5. The van der Waals surface area contributed by atoms with Crippen LogP contribution < -0.4 is 4.90 Å². The van der Waals surface area contributed by atoms with Crippen molar-refractivity contribution in [1.82, 2.24) is 9.13 Å². The fraction of sp³-hybridized carbons (Fsp3) is 0.0638. The average Bonchev–Trinajstić information content (AvgIpc) is 3.73. The Kier molecular flexibility index (Phi) is 8.24. The summed E-state index contributed by atoms with van der Waals surface area (Å²) in [5, 5.41) is 24.8. The van der Waals surface area contributed by atoms with Crippen LogP contribution in [0.4, 0.5) is 11.4 Å². The monoisotopic (exact) mass is 669 g/mol. The van der Waals surface area contributed by atoms with Gasteiger partial charge in [-0.3, -0.25) is 0 Å². The summed E-state index contributed by atoms with van der Waals surface area (Å²) in [4.78, 5) is 2.15. The zero-order chi connectivity index (χ0) is 35.8. The van der Waals surface area contributed by atoms with E-state index in [0.29, 0.717) is 22.5 Å². The summed E-state index contributed by atoms with van der Waals surface area (Å²) in [6, 6.07) is 41.8. The summed E-state index contributed by atoms with van der Waals surface area (Å²) in [5.74, 6) is 0. The van der Waals surface area contributed by atoms with Crippen LogP contribution in [0, 0.1) is 22.7 Å². The molecule has 5 aromatic carbocycles. The molecule has 2 heterocycles. The van der Waals surface area contributed by atoms with Crippen LogP contribution in [0.25, 0.3) is 49.7 Å². The molecule has 0 spiro atoms. The summed E-state index contributed by atoms with van der Waals surface area (Å²) < 4.78 is 4.16. The van der Waals surface area contributed by atoms with Gasteiger partial charge in [0, 0.05) is 45.0 Å². The molecule has 0 unspecified atom stereocenters. The summed E-state index contributed by atoms with van der Waals surface area (Å²) in [7, 11) is 0. The van der Waals surface area contributed by atoms with E-state index in [4.69, 9.17) is 0 Å². The number of hydrogen-bond donors (Lipinski definition) is 0. The Balaban J connectivity index is 1.39. The summed E-state index contributed by atoms with van der Waals surface area (Å²) >= 11 is 0. The molecule has 0 saturated carbocycles. The van der Waals surface area contributed by atoms with Crippen molar-refractivity contribution in [2.24, 2.45) is 0 Å². The number of nitriles is 2. The molecule has 0 radical (unpaired) electrons. The zero-order valence-electron chi connectivity index (χ0n) is 28.9. The third kappa shape index (κ3) is 5.16. The van der Waals surface area contributed by atoms with Crippen LogP contribution in [0.5, 0.6) is 0 Å². The first-order valence-electron chi connectivity index (χ1n) is 17.4. The number of anilines is 2. The van der Waals surface area contributed by atoms with Crippen LogP contribution in [0.2, 0.25) is 0 Å². The van der Waals surface area contributed by atoms with E-state index in [1.165, 1.54) is 5.57 Å². The minimum Gasteiger partial charge on any atom is -0.315 e. The molecule has 0 amide bonds. The largest absolute Gasteiger partial charge is 0.315 e. The Morgan fingerprint density at radius 2 is 1.40 bits per heavy atom. The lowest BCUT2D eigenvalue weighted by Crippen LogP contribution is -2.14. The van der Waals surface area contributed by atoms with E-state index in [-0.39, 0.29) is 0 Å². The fourth-order valence-electron chi connectivity index (χ4n) is 7.63. The second-order valence-corrected chi connectivity index (χ2v) is 12.8. The molecule has 0 aliphatic heterocycles. The van der Waals surface area contributed by atoms with Gasteiger partial charge in [0.1, 0.15) is 12.1 Å². The second-order valence-electron chi connectivity index (χ2n) is 12.8. The highest BCUT2D eigenvalue weighted by atomic mass is 15.1. The molecule has 2 aromatic heterocycles. The number of para-hydroxylation sites is 3. The highest BCUT2D eigenvalue weighted by Crippen LogP contribution is 2.41. The predicted molar refractivity (Wildman–Crippen MR) is 215 cm³/mol. The molecule has 7 aromatic rings. The molecule has 0 N–H and O–H groups in total. The van der Waals surface area contributed by atoms with Gasteiger partial charge in [-0.05, 0) is 91.6 Å². The number of allylic oxidation sites excluding steroid dienone is 7. The van der Waals surface area contributed by atoms with Crippen molar-refractivity contribution in [2.75, 3.05) is 4.90 Å². The van der Waals surface area contributed by atoms with Crippen LogP contribution >= 0.6 is 0 Å². The maximum absolute atomic E-state index is 10.8. The normalized spacial score (nSPS) is 12.8. The van der Waals surface area contributed by atoms with Crippen molar-refractivity contribution in [3.63, 3.8) is 0 Å². The summed E-state index contributed by atoms with van der Waals surface area (Å²) in [6.07, 6.45) is 14.3. The van der Waals surface area contributed by atoms with Gasteiger partial charge in [0.25, 0.3) is 0 Å². The minimum absolute atomic E-state index is 0.318. The Hall–Kier alpha value is -7.08. The number of nitrogens with zero attached hydrogens (tertiary/aromatic N) is 5. The average molecular weight is 670 g/mol. The SMILES string of the molecule is C=CC1=C(c2cn(-c3ccc(-n4c5ccccc5c5ccccc54)c(C#N)c3C#N)c3ccc(N(C(=C)/C=C\C)c4ccccc4)cc23)C=CCC1. The van der Waals surface area contributed by atoms with Gasteiger partial charge in [-0.25, -0.2) is 0 Å². The minimum atomic E-state index is 0.318. The standard InChI is InChI=1S/C47H35N5/c1-4-15-32(3)51(34-17-7-6-8-18-34)35-24-25-43-39(28-35)42(36-19-10-9-16-33(36)5-2)31-50(43)44-26-27-47(41(30-49)40(44)29-48)52-45-22-13-11-20-37(45)38-21-12-14-23-46(38)52/h4-8,10-15,17-28,31H,2-3,9,16H2,1H3/b15-4-. The molecule has 0 atom stereocenters.